The number of likely N-dealkylation sites (tertiary alicyclic amines) is 3. The zero-order valence-corrected chi connectivity index (χ0v) is 59.7. The second-order valence-electron chi connectivity index (χ2n) is 22.8. The molecule has 3 saturated heterocycles. The maximum absolute atomic E-state index is 14.1. The van der Waals surface area contributed by atoms with E-state index in [2.05, 4.69) is 72.7 Å². The largest absolute Gasteiger partial charge is 0.481 e. The molecule has 3 fully saturated rings. The minimum Gasteiger partial charge on any atom is -0.481 e. The van der Waals surface area contributed by atoms with Crippen LogP contribution in [-0.4, -0.2) is 194 Å². The van der Waals surface area contributed by atoms with Crippen molar-refractivity contribution in [2.45, 2.75) is 88.4 Å². The number of aliphatic carboxylic acids is 3. The van der Waals surface area contributed by atoms with Crippen LogP contribution in [-0.2, 0) is 43.0 Å². The number of esters is 3. The number of carbonyl (C=O) groups excluding carboxylic acids is 3. The fraction of sp³-hybridized carbons (Fsp3) is 0.354. The van der Waals surface area contributed by atoms with Crippen LogP contribution in [0.5, 0.6) is 0 Å². The predicted molar refractivity (Wildman–Crippen MR) is 367 cm³/mol. The molecule has 0 bridgehead atoms. The normalized spacial score (nSPS) is 22.7. The lowest BCUT2D eigenvalue weighted by molar-refractivity contribution is -0.154. The molecule has 6 aliphatic heterocycles. The molecule has 534 valence electrons. The molecule has 0 aliphatic carbocycles. The number of carboxylic acid groups (broad SMARTS) is 3. The Labute approximate surface area is 605 Å². The van der Waals surface area contributed by atoms with Gasteiger partial charge in [-0.15, -0.1) is 34.0 Å². The molecule has 0 amide bonds. The molecule has 6 aromatic rings. The molecule has 6 N–H and O–H groups in total. The number of thiazole rings is 3. The summed E-state index contributed by atoms with van der Waals surface area (Å²) in [4.78, 5) is 105. The molecule has 0 saturated carbocycles. The van der Waals surface area contributed by atoms with Crippen LogP contribution in [0.3, 0.4) is 0 Å². The van der Waals surface area contributed by atoms with Gasteiger partial charge in [0.1, 0.15) is 60.1 Å². The Morgan fingerprint density at radius 3 is 1.16 bits per heavy atom. The van der Waals surface area contributed by atoms with E-state index < -0.39 is 108 Å². The number of aromatic nitrogens is 3. The van der Waals surface area contributed by atoms with Gasteiger partial charge in [-0.05, 0) is 68.3 Å². The number of ether oxygens (including phenoxy) is 3. The minimum atomic E-state index is -1.51. The third-order valence-corrected chi connectivity index (χ3v) is 20.4. The summed E-state index contributed by atoms with van der Waals surface area (Å²) >= 11 is 17.0. The van der Waals surface area contributed by atoms with Gasteiger partial charge in [0.15, 0.2) is 32.5 Å². The van der Waals surface area contributed by atoms with E-state index in [9.17, 15) is 60.2 Å². The molecule has 6 aliphatic rings. The lowest BCUT2D eigenvalue weighted by Crippen LogP contribution is -2.63. The Balaban J connectivity index is 0.000000163. The minimum absolute atomic E-state index is 0.0188. The lowest BCUT2D eigenvalue weighted by atomic mass is 9.93. The molecule has 12 rings (SSSR count). The van der Waals surface area contributed by atoms with Crippen LogP contribution in [0.2, 0.25) is 5.02 Å². The van der Waals surface area contributed by atoms with Crippen molar-refractivity contribution in [3.8, 4) is 0 Å². The number of nitrogens with one attached hydrogen (secondary N) is 3. The quantitative estimate of drug-likeness (QED) is 0.0197. The average Bonchev–Trinajstić information content (AvgIpc) is 1.71. The molecule has 24 nitrogen and oxygen atoms in total. The Bertz CT molecular complexity index is 4130. The molecule has 3 aromatic heterocycles. The third kappa shape index (κ3) is 17.6. The number of alkyl halides is 3. The first kappa shape index (κ1) is 75.4. The summed E-state index contributed by atoms with van der Waals surface area (Å²) in [6.45, 7) is 5.34. The SMILES string of the molecule is CCOC(=O)C1=C(CN2CC(F)C2C(=O)O)NC(c2nccs2)=NC1c1ccc(F)cc1Br.CCOC(=O)C1=C(CN2CC(F)C2CC(=O)O)NC(c2nccs2)=NC1c1ccc(F)cc1Br.CCOC(=O)C1=C(CN2CC(F)C2CC(=O)O)NC(c2nccs2)=NC1c1ccc(F)cc1Cl. The van der Waals surface area contributed by atoms with Crippen molar-refractivity contribution in [2.24, 2.45) is 15.0 Å². The molecule has 9 atom stereocenters. The van der Waals surface area contributed by atoms with Gasteiger partial charge < -0.3 is 45.5 Å². The number of carboxylic acids is 3. The summed E-state index contributed by atoms with van der Waals surface area (Å²) in [5.41, 5.74) is 2.98. The van der Waals surface area contributed by atoms with E-state index in [4.69, 9.17) is 41.0 Å². The van der Waals surface area contributed by atoms with E-state index in [1.807, 2.05) is 0 Å². The van der Waals surface area contributed by atoms with Gasteiger partial charge in [-0.3, -0.25) is 44.1 Å². The van der Waals surface area contributed by atoms with Gasteiger partial charge in [-0.1, -0.05) is 61.7 Å². The molecular weight excluding hydrogens is 1550 g/mol. The van der Waals surface area contributed by atoms with Crippen LogP contribution in [0.4, 0.5) is 26.3 Å². The van der Waals surface area contributed by atoms with E-state index in [0.29, 0.717) is 75.3 Å². The molecule has 0 spiro atoms. The summed E-state index contributed by atoms with van der Waals surface area (Å²) in [5, 5.41) is 44.0. The highest BCUT2D eigenvalue weighted by Gasteiger charge is 2.48. The van der Waals surface area contributed by atoms with Crippen molar-refractivity contribution >= 4 is 131 Å². The monoisotopic (exact) mass is 1600 g/mol. The van der Waals surface area contributed by atoms with Gasteiger partial charge in [-0.25, -0.2) is 55.7 Å². The molecular formula is C65H61Br2ClF6N12O12S3. The van der Waals surface area contributed by atoms with Gasteiger partial charge in [0.25, 0.3) is 0 Å². The number of hydrogen-bond acceptors (Lipinski definition) is 24. The second-order valence-corrected chi connectivity index (χ2v) is 27.6. The summed E-state index contributed by atoms with van der Waals surface area (Å²) in [6, 6.07) is 6.27. The van der Waals surface area contributed by atoms with Gasteiger partial charge in [-0.2, -0.15) is 0 Å². The maximum Gasteiger partial charge on any atom is 0.338 e. The van der Waals surface area contributed by atoms with Crippen LogP contribution < -0.4 is 16.0 Å². The first-order valence-corrected chi connectivity index (χ1v) is 35.6. The van der Waals surface area contributed by atoms with Crippen LogP contribution in [0.25, 0.3) is 0 Å². The lowest BCUT2D eigenvalue weighted by Gasteiger charge is -2.44. The van der Waals surface area contributed by atoms with E-state index >= 15 is 0 Å². The first-order chi connectivity index (χ1) is 48.4. The van der Waals surface area contributed by atoms with Gasteiger partial charge in [0, 0.05) is 111 Å². The van der Waals surface area contributed by atoms with Gasteiger partial charge >= 0.3 is 35.8 Å². The number of rotatable bonds is 23. The van der Waals surface area contributed by atoms with Gasteiger partial charge in [0.05, 0.1) is 61.5 Å². The smallest absolute Gasteiger partial charge is 0.338 e. The molecule has 9 unspecified atom stereocenters. The van der Waals surface area contributed by atoms with E-state index in [-0.39, 0.29) is 93.7 Å². The average molecular weight is 1610 g/mol. The van der Waals surface area contributed by atoms with Crippen molar-refractivity contribution < 1.29 is 84.6 Å². The summed E-state index contributed by atoms with van der Waals surface area (Å²) < 4.78 is 100. The van der Waals surface area contributed by atoms with E-state index in [1.165, 1.54) is 87.4 Å². The highest BCUT2D eigenvalue weighted by atomic mass is 79.9. The zero-order chi connectivity index (χ0) is 72.5. The topological polar surface area (TPSA) is 312 Å². The second kappa shape index (κ2) is 33.7. The van der Waals surface area contributed by atoms with E-state index in [0.717, 1.165) is 6.07 Å². The molecule has 3 aromatic carbocycles. The first-order valence-electron chi connectivity index (χ1n) is 31.0. The van der Waals surface area contributed by atoms with Crippen molar-refractivity contribution in [3.63, 3.8) is 0 Å². The number of aliphatic imine (C=N–C) groups is 3. The van der Waals surface area contributed by atoms with Crippen molar-refractivity contribution in [2.75, 3.05) is 59.1 Å². The van der Waals surface area contributed by atoms with Gasteiger partial charge in [0.2, 0.25) is 0 Å². The highest BCUT2D eigenvalue weighted by molar-refractivity contribution is 9.10. The number of nitrogens with zero attached hydrogens (tertiary/aromatic N) is 9. The Kier molecular flexibility index (Phi) is 25.1. The number of benzene rings is 3. The zero-order valence-electron chi connectivity index (χ0n) is 53.3. The maximum atomic E-state index is 14.1. The predicted octanol–water partition coefficient (Wildman–Crippen LogP) is 9.85. The van der Waals surface area contributed by atoms with Crippen LogP contribution >= 0.6 is 77.5 Å². The number of amidine groups is 3. The van der Waals surface area contributed by atoms with E-state index in [1.54, 1.807) is 65.3 Å². The highest BCUT2D eigenvalue weighted by Crippen LogP contribution is 2.42. The Morgan fingerprint density at radius 2 is 0.861 bits per heavy atom. The Morgan fingerprint density at radius 1 is 0.525 bits per heavy atom. The van der Waals surface area contributed by atoms with Crippen molar-refractivity contribution in [1.29, 1.82) is 0 Å². The molecule has 101 heavy (non-hydrogen) atoms. The Hall–Kier alpha value is -8.29. The number of halogens is 9. The number of carbonyl (C=O) groups is 6. The molecule has 36 heteroatoms. The fourth-order valence-corrected chi connectivity index (χ4v) is 14.9. The number of hydrogen-bond donors (Lipinski definition) is 6. The van der Waals surface area contributed by atoms with Crippen molar-refractivity contribution in [1.82, 2.24) is 45.6 Å². The summed E-state index contributed by atoms with van der Waals surface area (Å²) in [7, 11) is 0. The van der Waals surface area contributed by atoms with Crippen LogP contribution in [0, 0.1) is 17.5 Å². The van der Waals surface area contributed by atoms with Crippen LogP contribution in [0.15, 0.2) is 147 Å². The molecule has 0 radical (unpaired) electrons. The van der Waals surface area contributed by atoms with Crippen LogP contribution in [0.1, 0.15) is 83.5 Å². The van der Waals surface area contributed by atoms with Crippen molar-refractivity contribution in [3.05, 3.63) is 186 Å². The summed E-state index contributed by atoms with van der Waals surface area (Å²) in [5.74, 6) is -5.81. The fourth-order valence-electron chi connectivity index (χ4n) is 11.7. The third-order valence-electron chi connectivity index (χ3n) is 16.4. The summed E-state index contributed by atoms with van der Waals surface area (Å²) in [6.07, 6.45) is 0.00541. The standard InChI is InChI=1S/C22H21BrF2N4O4S.C22H21ClF2N4O4S.C21H19BrF2N4O4S/c2*1-2-33-22(32)18-15(10-29-9-14(25)16(29)8-17(30)31)27-20(21-26-5-6-34-21)28-19(18)12-4-3-11(24)7-13(12)23;1-2-32-21(31)15-14(9-28-8-13(24)17(28)20(29)30)26-18(19-25-5-6-33-19)27-16(15)11-4-3-10(23)7-12(11)22/h2*3-7,14,16,19H,2,8-10H2,1H3,(H,27,28)(H,30,31);3-7,13,16-17H,2,8-9H2,1H3,(H,26,27)(H,29,30). The molecule has 9 heterocycles.